The van der Waals surface area contributed by atoms with Crippen molar-refractivity contribution < 1.29 is 17.9 Å². The summed E-state index contributed by atoms with van der Waals surface area (Å²) in [6.45, 7) is 3.31. The van der Waals surface area contributed by atoms with Gasteiger partial charge in [-0.25, -0.2) is 23.8 Å². The average molecular weight is 579 g/mol. The third kappa shape index (κ3) is 5.23. The summed E-state index contributed by atoms with van der Waals surface area (Å²) >= 11 is 5.90. The Bertz CT molecular complexity index is 1400. The zero-order chi connectivity index (χ0) is 27.7. The zero-order valence-corrected chi connectivity index (χ0v) is 23.6. The van der Waals surface area contributed by atoms with E-state index in [1.165, 1.54) is 32.9 Å². The van der Waals surface area contributed by atoms with Crippen molar-refractivity contribution in [2.75, 3.05) is 18.9 Å². The van der Waals surface area contributed by atoms with E-state index in [2.05, 4.69) is 45.7 Å². The van der Waals surface area contributed by atoms with Gasteiger partial charge < -0.3 is 9.47 Å². The van der Waals surface area contributed by atoms with Crippen LogP contribution in [0.25, 0.3) is 5.69 Å². The number of ether oxygens (including phenoxy) is 2. The Hall–Kier alpha value is -3.14. The second-order valence-corrected chi connectivity index (χ2v) is 12.2. The van der Waals surface area contributed by atoms with Crippen LogP contribution in [0.2, 0.25) is 5.02 Å². The Morgan fingerprint density at radius 1 is 1.03 bits per heavy atom. The van der Waals surface area contributed by atoms with Gasteiger partial charge in [0.2, 0.25) is 27.7 Å². The molecular weight excluding hydrogens is 548 g/mol. The Labute approximate surface area is 231 Å². The molecule has 0 amide bonds. The Kier molecular flexibility index (Phi) is 7.84. The SMILES string of the molecule is COc1ncnc(OC)c1-n1c(NS(=O)(=O)[C@@H](C)[C@H](C)c2ncc(Cl)cn2)nnc1C1NNC2CCCCC21. The molecule has 1 saturated heterocycles. The van der Waals surface area contributed by atoms with Crippen molar-refractivity contribution in [3.63, 3.8) is 0 Å². The van der Waals surface area contributed by atoms with Crippen LogP contribution < -0.4 is 25.0 Å². The first kappa shape index (κ1) is 27.4. The number of nitrogens with zero attached hydrogens (tertiary/aromatic N) is 7. The first-order valence-electron chi connectivity index (χ1n) is 12.6. The Morgan fingerprint density at radius 3 is 2.36 bits per heavy atom. The van der Waals surface area contributed by atoms with Crippen LogP contribution in [0.4, 0.5) is 5.95 Å². The van der Waals surface area contributed by atoms with Crippen LogP contribution in [-0.2, 0) is 10.0 Å². The lowest BCUT2D eigenvalue weighted by Gasteiger charge is -2.27. The third-order valence-corrected chi connectivity index (χ3v) is 9.53. The fraction of sp³-hybridized carbons (Fsp3) is 0.565. The normalized spacial score (nSPS) is 22.6. The van der Waals surface area contributed by atoms with Crippen LogP contribution in [0.3, 0.4) is 0 Å². The summed E-state index contributed by atoms with van der Waals surface area (Å²) < 4.78 is 42.5. The van der Waals surface area contributed by atoms with Gasteiger partial charge in [0, 0.05) is 24.4 Å². The summed E-state index contributed by atoms with van der Waals surface area (Å²) in [6, 6.07) is 0.0135. The number of methoxy groups -OCH3 is 2. The average Bonchev–Trinajstić information content (AvgIpc) is 3.55. The smallest absolute Gasteiger partial charge is 0.245 e. The van der Waals surface area contributed by atoms with Gasteiger partial charge in [-0.2, -0.15) is 9.97 Å². The van der Waals surface area contributed by atoms with Crippen LogP contribution in [-0.4, -0.2) is 68.6 Å². The first-order valence-corrected chi connectivity index (χ1v) is 14.6. The number of hydrogen-bond acceptors (Lipinski definition) is 12. The maximum atomic E-state index is 13.6. The number of hydrogen-bond donors (Lipinski definition) is 3. The molecule has 1 aliphatic heterocycles. The number of fused-ring (bicyclic) bond motifs is 1. The van der Waals surface area contributed by atoms with E-state index in [0.717, 1.165) is 25.7 Å². The molecule has 3 aromatic heterocycles. The van der Waals surface area contributed by atoms with Gasteiger partial charge >= 0.3 is 0 Å². The largest absolute Gasteiger partial charge is 0.479 e. The highest BCUT2D eigenvalue weighted by molar-refractivity contribution is 7.93. The summed E-state index contributed by atoms with van der Waals surface area (Å²) in [7, 11) is -1.10. The van der Waals surface area contributed by atoms with Gasteiger partial charge in [0.15, 0.2) is 11.5 Å². The number of halogens is 1. The molecule has 1 saturated carbocycles. The number of rotatable bonds is 9. The monoisotopic (exact) mass is 578 g/mol. The lowest BCUT2D eigenvalue weighted by Crippen LogP contribution is -2.33. The fourth-order valence-corrected chi connectivity index (χ4v) is 6.50. The van der Waals surface area contributed by atoms with E-state index in [1.54, 1.807) is 18.4 Å². The minimum absolute atomic E-state index is 0.0477. The van der Waals surface area contributed by atoms with E-state index < -0.39 is 21.2 Å². The second-order valence-electron chi connectivity index (χ2n) is 9.68. The van der Waals surface area contributed by atoms with Gasteiger partial charge in [0.1, 0.15) is 12.2 Å². The molecule has 3 unspecified atom stereocenters. The Morgan fingerprint density at radius 2 is 1.69 bits per heavy atom. The molecule has 14 nitrogen and oxygen atoms in total. The highest BCUT2D eigenvalue weighted by Crippen LogP contribution is 2.41. The van der Waals surface area contributed by atoms with E-state index in [-0.39, 0.29) is 41.4 Å². The quantitative estimate of drug-likeness (QED) is 0.338. The van der Waals surface area contributed by atoms with Crippen molar-refractivity contribution in [2.45, 2.75) is 62.8 Å². The van der Waals surface area contributed by atoms with Crippen LogP contribution in [0.5, 0.6) is 11.8 Å². The molecule has 4 heterocycles. The molecule has 0 aromatic carbocycles. The summed E-state index contributed by atoms with van der Waals surface area (Å²) in [5.41, 5.74) is 6.99. The minimum Gasteiger partial charge on any atom is -0.479 e. The molecular formula is C23H31ClN10O4S. The molecule has 0 bridgehead atoms. The van der Waals surface area contributed by atoms with Crippen LogP contribution in [0.1, 0.15) is 63.1 Å². The molecule has 3 aromatic rings. The first-order chi connectivity index (χ1) is 18.7. The highest BCUT2D eigenvalue weighted by atomic mass is 35.5. The molecule has 1 aliphatic carbocycles. The molecule has 2 aliphatic rings. The topological polar surface area (TPSA) is 171 Å². The lowest BCUT2D eigenvalue weighted by molar-refractivity contribution is 0.301. The maximum absolute atomic E-state index is 13.6. The standard InChI is InChI=1S/C23H31ClN10O4S/c1-12(19-25-9-14(24)10-26-19)13(2)39(35,36)33-23-32-31-20(17-15-7-5-6-8-16(15)29-30-17)34(23)18-21(37-3)27-11-28-22(18)38-4/h9-13,15-17,29-30H,5-8H2,1-4H3,(H,32,33)/t12-,13-,15?,16?,17?/m0/s1. The van der Waals surface area contributed by atoms with Gasteiger partial charge in [0.05, 0.1) is 30.5 Å². The second kappa shape index (κ2) is 11.2. The van der Waals surface area contributed by atoms with Crippen molar-refractivity contribution in [3.8, 4) is 17.4 Å². The molecule has 210 valence electrons. The fourth-order valence-electron chi connectivity index (χ4n) is 5.18. The number of aromatic nitrogens is 7. The van der Waals surface area contributed by atoms with E-state index in [4.69, 9.17) is 21.1 Å². The third-order valence-electron chi connectivity index (χ3n) is 7.48. The van der Waals surface area contributed by atoms with E-state index >= 15 is 0 Å². The predicted octanol–water partition coefficient (Wildman–Crippen LogP) is 2.16. The summed E-state index contributed by atoms with van der Waals surface area (Å²) in [5.74, 6) is 0.799. The van der Waals surface area contributed by atoms with Crippen LogP contribution >= 0.6 is 11.6 Å². The number of sulfonamides is 1. The molecule has 2 fully saturated rings. The summed E-state index contributed by atoms with van der Waals surface area (Å²) in [4.78, 5) is 16.8. The molecule has 16 heteroatoms. The van der Waals surface area contributed by atoms with Crippen LogP contribution in [0, 0.1) is 5.92 Å². The van der Waals surface area contributed by atoms with E-state index in [1.807, 2.05) is 0 Å². The molecule has 0 spiro atoms. The lowest BCUT2D eigenvalue weighted by atomic mass is 9.81. The van der Waals surface area contributed by atoms with Crippen molar-refractivity contribution >= 4 is 27.6 Å². The number of nitrogens with one attached hydrogen (secondary N) is 3. The van der Waals surface area contributed by atoms with Gasteiger partial charge in [-0.3, -0.25) is 14.7 Å². The van der Waals surface area contributed by atoms with E-state index in [0.29, 0.717) is 16.7 Å². The van der Waals surface area contributed by atoms with Gasteiger partial charge in [0.25, 0.3) is 0 Å². The molecule has 5 rings (SSSR count). The predicted molar refractivity (Wildman–Crippen MR) is 142 cm³/mol. The van der Waals surface area contributed by atoms with Crippen molar-refractivity contribution in [1.29, 1.82) is 0 Å². The van der Waals surface area contributed by atoms with Crippen molar-refractivity contribution in [2.24, 2.45) is 5.92 Å². The molecule has 5 atom stereocenters. The van der Waals surface area contributed by atoms with Crippen molar-refractivity contribution in [1.82, 2.24) is 45.6 Å². The molecule has 0 radical (unpaired) electrons. The molecule has 3 N–H and O–H groups in total. The molecule has 39 heavy (non-hydrogen) atoms. The number of anilines is 1. The van der Waals surface area contributed by atoms with E-state index in [9.17, 15) is 8.42 Å². The summed E-state index contributed by atoms with van der Waals surface area (Å²) in [6.07, 6.45) is 8.43. The zero-order valence-electron chi connectivity index (χ0n) is 22.0. The van der Waals surface area contributed by atoms with Gasteiger partial charge in [-0.15, -0.1) is 10.2 Å². The van der Waals surface area contributed by atoms with Crippen LogP contribution in [0.15, 0.2) is 18.7 Å². The Balaban J connectivity index is 1.57. The van der Waals surface area contributed by atoms with Crippen molar-refractivity contribution in [3.05, 3.63) is 35.4 Å². The highest BCUT2D eigenvalue weighted by Gasteiger charge is 2.42. The number of hydrazine groups is 1. The van der Waals surface area contributed by atoms with Gasteiger partial charge in [-0.05, 0) is 25.7 Å². The minimum atomic E-state index is -4.02. The van der Waals surface area contributed by atoms with Gasteiger partial charge in [-0.1, -0.05) is 31.4 Å². The maximum Gasteiger partial charge on any atom is 0.245 e. The summed E-state index contributed by atoms with van der Waals surface area (Å²) in [5, 5.41) is 8.16.